The third kappa shape index (κ3) is 9.19. The van der Waals surface area contributed by atoms with E-state index < -0.39 is 0 Å². The molecule has 0 aromatic heterocycles. The topological polar surface area (TPSA) is 52.1 Å². The van der Waals surface area contributed by atoms with Crippen molar-refractivity contribution >= 4 is 5.96 Å². The fraction of sp³-hybridized carbons (Fsp3) is 0.950. The van der Waals surface area contributed by atoms with E-state index in [0.29, 0.717) is 6.54 Å². The third-order valence-corrected chi connectivity index (χ3v) is 5.12. The molecule has 1 fully saturated rings. The lowest BCUT2D eigenvalue weighted by atomic mass is 9.89. The molecule has 1 aliphatic heterocycles. The van der Waals surface area contributed by atoms with Gasteiger partial charge in [0.25, 0.3) is 0 Å². The summed E-state index contributed by atoms with van der Waals surface area (Å²) in [5.41, 5.74) is 0.0946. The minimum atomic E-state index is 0.0946. The Morgan fingerprint density at radius 2 is 1.69 bits per heavy atom. The maximum Gasteiger partial charge on any atom is 0.191 e. The summed E-state index contributed by atoms with van der Waals surface area (Å²) in [6.07, 6.45) is 2.53. The molecule has 1 unspecified atom stereocenters. The number of likely N-dealkylation sites (N-methyl/N-ethyl adjacent to an activating group) is 1. The van der Waals surface area contributed by atoms with Gasteiger partial charge >= 0.3 is 0 Å². The van der Waals surface area contributed by atoms with Gasteiger partial charge in [-0.3, -0.25) is 4.99 Å². The van der Waals surface area contributed by atoms with Crippen molar-refractivity contribution in [3.05, 3.63) is 0 Å². The standard InChI is InChI=1S/C20H43N5O/c1-7-21-19(23-17-18(26-6)20(3,4)5)22-11-9-10-12-25-15-13-24(8-2)14-16-25/h18H,7-17H2,1-6H3,(H2,21,22,23). The normalized spacial score (nSPS) is 18.8. The molecule has 1 aliphatic rings. The average molecular weight is 370 g/mol. The Bertz CT molecular complexity index is 386. The van der Waals surface area contributed by atoms with Crippen LogP contribution in [0.3, 0.4) is 0 Å². The van der Waals surface area contributed by atoms with Gasteiger partial charge in [-0.15, -0.1) is 0 Å². The first kappa shape index (κ1) is 23.2. The Morgan fingerprint density at radius 1 is 1.04 bits per heavy atom. The van der Waals surface area contributed by atoms with E-state index in [1.165, 1.54) is 52.1 Å². The minimum Gasteiger partial charge on any atom is -0.379 e. The molecular weight excluding hydrogens is 326 g/mol. The molecule has 1 heterocycles. The summed E-state index contributed by atoms with van der Waals surface area (Å²) in [5.74, 6) is 0.898. The second-order valence-corrected chi connectivity index (χ2v) is 8.22. The van der Waals surface area contributed by atoms with Crippen LogP contribution in [-0.2, 0) is 4.74 Å². The predicted octanol–water partition coefficient (Wildman–Crippen LogP) is 2.02. The molecule has 1 saturated heterocycles. The summed E-state index contributed by atoms with van der Waals surface area (Å²) in [6, 6.07) is 0. The molecule has 154 valence electrons. The Morgan fingerprint density at radius 3 is 2.23 bits per heavy atom. The van der Waals surface area contributed by atoms with E-state index in [9.17, 15) is 0 Å². The Labute approximate surface area is 161 Å². The molecule has 0 amide bonds. The van der Waals surface area contributed by atoms with E-state index in [2.05, 4.69) is 55.1 Å². The van der Waals surface area contributed by atoms with E-state index in [1.54, 1.807) is 7.11 Å². The average Bonchev–Trinajstić information content (AvgIpc) is 2.61. The van der Waals surface area contributed by atoms with Crippen LogP contribution in [-0.4, -0.2) is 87.9 Å². The quantitative estimate of drug-likeness (QED) is 0.351. The van der Waals surface area contributed by atoms with Crippen LogP contribution < -0.4 is 10.6 Å². The number of piperazine rings is 1. The van der Waals surface area contributed by atoms with Crippen molar-refractivity contribution in [1.82, 2.24) is 20.4 Å². The van der Waals surface area contributed by atoms with Crippen molar-refractivity contribution in [2.45, 2.75) is 53.6 Å². The molecule has 0 aromatic rings. The molecule has 0 saturated carbocycles. The lowest BCUT2D eigenvalue weighted by Gasteiger charge is -2.34. The van der Waals surface area contributed by atoms with Crippen LogP contribution >= 0.6 is 0 Å². The van der Waals surface area contributed by atoms with Gasteiger partial charge in [0, 0.05) is 46.4 Å². The number of methoxy groups -OCH3 is 1. The van der Waals surface area contributed by atoms with Crippen molar-refractivity contribution in [2.24, 2.45) is 10.4 Å². The molecule has 0 bridgehead atoms. The van der Waals surface area contributed by atoms with Crippen molar-refractivity contribution in [3.8, 4) is 0 Å². The summed E-state index contributed by atoms with van der Waals surface area (Å²) in [4.78, 5) is 9.83. The van der Waals surface area contributed by atoms with Gasteiger partial charge in [-0.1, -0.05) is 27.7 Å². The molecule has 0 aliphatic carbocycles. The smallest absolute Gasteiger partial charge is 0.191 e. The zero-order chi connectivity index (χ0) is 19.4. The molecule has 2 N–H and O–H groups in total. The largest absolute Gasteiger partial charge is 0.379 e. The molecule has 6 heteroatoms. The molecular formula is C20H43N5O. The van der Waals surface area contributed by atoms with Crippen molar-refractivity contribution in [1.29, 1.82) is 0 Å². The fourth-order valence-corrected chi connectivity index (χ4v) is 3.21. The molecule has 0 spiro atoms. The van der Waals surface area contributed by atoms with Gasteiger partial charge in [-0.05, 0) is 38.3 Å². The van der Waals surface area contributed by atoms with Crippen molar-refractivity contribution < 1.29 is 4.74 Å². The number of nitrogens with zero attached hydrogens (tertiary/aromatic N) is 3. The van der Waals surface area contributed by atoms with Gasteiger partial charge < -0.3 is 25.2 Å². The minimum absolute atomic E-state index is 0.0946. The lowest BCUT2D eigenvalue weighted by Crippen LogP contribution is -2.46. The summed E-state index contributed by atoms with van der Waals surface area (Å²) in [7, 11) is 1.77. The van der Waals surface area contributed by atoms with E-state index in [4.69, 9.17) is 9.73 Å². The van der Waals surface area contributed by atoms with Crippen LogP contribution in [0.15, 0.2) is 4.99 Å². The van der Waals surface area contributed by atoms with Crippen LogP contribution in [0.4, 0.5) is 0 Å². The highest BCUT2D eigenvalue weighted by Gasteiger charge is 2.24. The van der Waals surface area contributed by atoms with Crippen molar-refractivity contribution in [2.75, 3.05) is 66.0 Å². The van der Waals surface area contributed by atoms with Crippen LogP contribution in [0.2, 0.25) is 0 Å². The Kier molecular flexibility index (Phi) is 11.2. The van der Waals surface area contributed by atoms with Crippen molar-refractivity contribution in [3.63, 3.8) is 0 Å². The zero-order valence-corrected chi connectivity index (χ0v) is 18.1. The van der Waals surface area contributed by atoms with Gasteiger partial charge in [0.15, 0.2) is 5.96 Å². The number of unbranched alkanes of at least 4 members (excludes halogenated alkanes) is 1. The number of ether oxygens (including phenoxy) is 1. The van der Waals surface area contributed by atoms with Crippen LogP contribution in [0.1, 0.15) is 47.5 Å². The van der Waals surface area contributed by atoms with E-state index >= 15 is 0 Å². The maximum absolute atomic E-state index is 5.60. The maximum atomic E-state index is 5.60. The summed E-state index contributed by atoms with van der Waals surface area (Å²) < 4.78 is 5.60. The second-order valence-electron chi connectivity index (χ2n) is 8.22. The highest BCUT2D eigenvalue weighted by atomic mass is 16.5. The molecule has 1 rings (SSSR count). The number of hydrogen-bond acceptors (Lipinski definition) is 4. The molecule has 6 nitrogen and oxygen atoms in total. The van der Waals surface area contributed by atoms with Gasteiger partial charge in [-0.2, -0.15) is 0 Å². The molecule has 0 radical (unpaired) electrons. The SMILES string of the molecule is CCNC(=NCC(OC)C(C)(C)C)NCCCCN1CCN(CC)CC1. The molecule has 0 aromatic carbocycles. The number of aliphatic imine (C=N–C) groups is 1. The number of guanidine groups is 1. The summed E-state index contributed by atoms with van der Waals surface area (Å²) >= 11 is 0. The first-order valence-corrected chi connectivity index (χ1v) is 10.4. The number of nitrogens with one attached hydrogen (secondary N) is 2. The zero-order valence-electron chi connectivity index (χ0n) is 18.1. The molecule has 26 heavy (non-hydrogen) atoms. The van der Waals surface area contributed by atoms with Crippen LogP contribution in [0.5, 0.6) is 0 Å². The Hall–Kier alpha value is -0.850. The van der Waals surface area contributed by atoms with Gasteiger partial charge in [-0.25, -0.2) is 0 Å². The van der Waals surface area contributed by atoms with Crippen LogP contribution in [0, 0.1) is 5.41 Å². The van der Waals surface area contributed by atoms with Crippen LogP contribution in [0.25, 0.3) is 0 Å². The molecule has 1 atom stereocenters. The van der Waals surface area contributed by atoms with E-state index in [1.807, 2.05) is 0 Å². The van der Waals surface area contributed by atoms with E-state index in [0.717, 1.165) is 19.0 Å². The summed E-state index contributed by atoms with van der Waals surface area (Å²) in [5, 5.41) is 6.79. The highest BCUT2D eigenvalue weighted by molar-refractivity contribution is 5.79. The summed E-state index contributed by atoms with van der Waals surface area (Å²) in [6.45, 7) is 20.7. The van der Waals surface area contributed by atoms with E-state index in [-0.39, 0.29) is 11.5 Å². The first-order valence-electron chi connectivity index (χ1n) is 10.4. The highest BCUT2D eigenvalue weighted by Crippen LogP contribution is 2.21. The first-order chi connectivity index (χ1) is 12.4. The predicted molar refractivity (Wildman–Crippen MR) is 112 cm³/mol. The second kappa shape index (κ2) is 12.5. The number of rotatable bonds is 10. The number of hydrogen-bond donors (Lipinski definition) is 2. The van der Waals surface area contributed by atoms with Gasteiger partial charge in [0.2, 0.25) is 0 Å². The lowest BCUT2D eigenvalue weighted by molar-refractivity contribution is 0.0241. The van der Waals surface area contributed by atoms with Gasteiger partial charge in [0.1, 0.15) is 0 Å². The monoisotopic (exact) mass is 369 g/mol. The Balaban J connectivity index is 2.25. The van der Waals surface area contributed by atoms with Gasteiger partial charge in [0.05, 0.1) is 12.6 Å². The fourth-order valence-electron chi connectivity index (χ4n) is 3.21. The third-order valence-electron chi connectivity index (χ3n) is 5.12.